The van der Waals surface area contributed by atoms with Crippen LogP contribution in [-0.4, -0.2) is 49.5 Å². The molecule has 0 radical (unpaired) electrons. The van der Waals surface area contributed by atoms with E-state index >= 15 is 0 Å². The minimum Gasteiger partial charge on any atom is -0.357 e. The summed E-state index contributed by atoms with van der Waals surface area (Å²) in [5.41, 5.74) is 0. The maximum Gasteiger partial charge on any atom is 0.222 e. The summed E-state index contributed by atoms with van der Waals surface area (Å²) in [5, 5.41) is 6.61. The average Bonchev–Trinajstić information content (AvgIpc) is 2.85. The molecule has 0 aromatic rings. The van der Waals surface area contributed by atoms with Crippen molar-refractivity contribution in [2.24, 2.45) is 4.99 Å². The number of likely N-dealkylation sites (tertiary alicyclic amines) is 1. The molecule has 6 heteroatoms. The number of amides is 1. The van der Waals surface area contributed by atoms with E-state index in [1.807, 2.05) is 4.90 Å². The second-order valence-electron chi connectivity index (χ2n) is 5.23. The topological polar surface area (TPSA) is 56.7 Å². The monoisotopic (exact) mass is 410 g/mol. The van der Waals surface area contributed by atoms with Gasteiger partial charge in [-0.2, -0.15) is 0 Å². The van der Waals surface area contributed by atoms with Gasteiger partial charge in [-0.05, 0) is 26.2 Å². The number of hydrogen-bond donors (Lipinski definition) is 2. The van der Waals surface area contributed by atoms with Crippen molar-refractivity contribution in [2.45, 2.75) is 52.4 Å². The highest BCUT2D eigenvalue weighted by Crippen LogP contribution is 2.09. The van der Waals surface area contributed by atoms with Gasteiger partial charge in [-0.25, -0.2) is 0 Å². The van der Waals surface area contributed by atoms with E-state index in [0.717, 1.165) is 57.9 Å². The zero-order valence-corrected chi connectivity index (χ0v) is 15.8. The lowest BCUT2D eigenvalue weighted by molar-refractivity contribution is -0.127. The number of carbonyl (C=O) groups excluding carboxylic acids is 1. The van der Waals surface area contributed by atoms with Crippen molar-refractivity contribution in [3.8, 4) is 0 Å². The Morgan fingerprint density at radius 3 is 2.67 bits per heavy atom. The van der Waals surface area contributed by atoms with Crippen LogP contribution in [0.15, 0.2) is 4.99 Å². The predicted octanol–water partition coefficient (Wildman–Crippen LogP) is 2.36. The van der Waals surface area contributed by atoms with Gasteiger partial charge < -0.3 is 15.5 Å². The van der Waals surface area contributed by atoms with E-state index < -0.39 is 0 Å². The summed E-state index contributed by atoms with van der Waals surface area (Å²) >= 11 is 0. The molecule has 124 valence electrons. The van der Waals surface area contributed by atoms with Gasteiger partial charge in [0.1, 0.15) is 0 Å². The lowest BCUT2D eigenvalue weighted by atomic mass is 10.2. The largest absolute Gasteiger partial charge is 0.357 e. The third-order valence-corrected chi connectivity index (χ3v) is 3.44. The molecule has 0 aliphatic carbocycles. The van der Waals surface area contributed by atoms with Gasteiger partial charge in [0.05, 0.1) is 0 Å². The van der Waals surface area contributed by atoms with Crippen molar-refractivity contribution in [3.05, 3.63) is 0 Å². The summed E-state index contributed by atoms with van der Waals surface area (Å²) in [6.45, 7) is 8.68. The third-order valence-electron chi connectivity index (χ3n) is 3.44. The SMILES string of the molecule is CCCCCNC(=NCCCN1CCCC1=O)NCC.I. The van der Waals surface area contributed by atoms with Gasteiger partial charge in [-0.1, -0.05) is 19.8 Å². The van der Waals surface area contributed by atoms with Gasteiger partial charge >= 0.3 is 0 Å². The Morgan fingerprint density at radius 1 is 1.24 bits per heavy atom. The Kier molecular flexibility index (Phi) is 12.8. The molecule has 1 heterocycles. The zero-order valence-electron chi connectivity index (χ0n) is 13.5. The summed E-state index contributed by atoms with van der Waals surface area (Å²) in [4.78, 5) is 18.0. The molecule has 1 aliphatic heterocycles. The summed E-state index contributed by atoms with van der Waals surface area (Å²) in [5.74, 6) is 1.20. The molecule has 5 nitrogen and oxygen atoms in total. The first-order chi connectivity index (χ1) is 9.77. The number of nitrogens with one attached hydrogen (secondary N) is 2. The summed E-state index contributed by atoms with van der Waals surface area (Å²) < 4.78 is 0. The summed E-state index contributed by atoms with van der Waals surface area (Å²) in [6, 6.07) is 0. The first-order valence-electron chi connectivity index (χ1n) is 8.07. The van der Waals surface area contributed by atoms with Crippen LogP contribution in [0.1, 0.15) is 52.4 Å². The minimum absolute atomic E-state index is 0. The molecule has 0 atom stereocenters. The number of unbranched alkanes of at least 4 members (excludes halogenated alkanes) is 2. The second-order valence-corrected chi connectivity index (χ2v) is 5.23. The van der Waals surface area contributed by atoms with E-state index in [9.17, 15) is 4.79 Å². The fourth-order valence-corrected chi connectivity index (χ4v) is 2.32. The predicted molar refractivity (Wildman–Crippen MR) is 99.4 cm³/mol. The normalized spacial score (nSPS) is 15.0. The highest BCUT2D eigenvalue weighted by atomic mass is 127. The number of carbonyl (C=O) groups is 1. The van der Waals surface area contributed by atoms with Gasteiger partial charge in [0.15, 0.2) is 5.96 Å². The minimum atomic E-state index is 0. The lowest BCUT2D eigenvalue weighted by Gasteiger charge is -2.15. The van der Waals surface area contributed by atoms with E-state index in [-0.39, 0.29) is 24.0 Å². The van der Waals surface area contributed by atoms with E-state index in [2.05, 4.69) is 29.5 Å². The van der Waals surface area contributed by atoms with Crippen molar-refractivity contribution in [1.82, 2.24) is 15.5 Å². The molecule has 0 aromatic carbocycles. The van der Waals surface area contributed by atoms with Crippen LogP contribution in [0, 0.1) is 0 Å². The first kappa shape index (κ1) is 20.5. The van der Waals surface area contributed by atoms with Crippen molar-refractivity contribution in [1.29, 1.82) is 0 Å². The maximum absolute atomic E-state index is 11.5. The van der Waals surface area contributed by atoms with E-state index in [1.165, 1.54) is 19.3 Å². The Hall–Kier alpha value is -0.530. The number of rotatable bonds is 9. The average molecular weight is 410 g/mol. The van der Waals surface area contributed by atoms with Crippen LogP contribution >= 0.6 is 24.0 Å². The van der Waals surface area contributed by atoms with E-state index in [4.69, 9.17) is 0 Å². The zero-order chi connectivity index (χ0) is 14.6. The fraction of sp³-hybridized carbons (Fsp3) is 0.867. The molecule has 1 aliphatic rings. The van der Waals surface area contributed by atoms with E-state index in [1.54, 1.807) is 0 Å². The van der Waals surface area contributed by atoms with Crippen molar-refractivity contribution in [3.63, 3.8) is 0 Å². The van der Waals surface area contributed by atoms with Crippen LogP contribution in [0.5, 0.6) is 0 Å². The van der Waals surface area contributed by atoms with Gasteiger partial charge in [0, 0.05) is 39.1 Å². The third kappa shape index (κ3) is 9.16. The van der Waals surface area contributed by atoms with Crippen LogP contribution in [0.4, 0.5) is 0 Å². The highest BCUT2D eigenvalue weighted by molar-refractivity contribution is 14.0. The molecule has 0 bridgehead atoms. The standard InChI is InChI=1S/C15H30N4O.HI/c1-3-5-6-10-17-15(16-4-2)18-11-8-13-19-12-7-9-14(19)20;/h3-13H2,1-2H3,(H2,16,17,18);1H. The molecule has 0 spiro atoms. The van der Waals surface area contributed by atoms with Gasteiger partial charge in [0.2, 0.25) is 5.91 Å². The number of aliphatic imine (C=N–C) groups is 1. The quantitative estimate of drug-likeness (QED) is 0.266. The maximum atomic E-state index is 11.5. The molecule has 21 heavy (non-hydrogen) atoms. The lowest BCUT2D eigenvalue weighted by Crippen LogP contribution is -2.38. The van der Waals surface area contributed by atoms with Crippen LogP contribution in [0.3, 0.4) is 0 Å². The summed E-state index contributed by atoms with van der Waals surface area (Å²) in [6.07, 6.45) is 6.36. The Bertz CT molecular complexity index is 310. The number of halogens is 1. The van der Waals surface area contributed by atoms with Crippen LogP contribution in [0.25, 0.3) is 0 Å². The van der Waals surface area contributed by atoms with Crippen LogP contribution in [0.2, 0.25) is 0 Å². The molecule has 0 aromatic heterocycles. The summed E-state index contributed by atoms with van der Waals surface area (Å²) in [7, 11) is 0. The molecule has 1 fully saturated rings. The second kappa shape index (κ2) is 13.2. The molecule has 1 amide bonds. The smallest absolute Gasteiger partial charge is 0.222 e. The van der Waals surface area contributed by atoms with Gasteiger partial charge in [-0.15, -0.1) is 24.0 Å². The molecule has 0 unspecified atom stereocenters. The number of guanidine groups is 1. The Labute approximate surface area is 146 Å². The molecule has 0 saturated carbocycles. The Morgan fingerprint density at radius 2 is 2.05 bits per heavy atom. The van der Waals surface area contributed by atoms with Crippen molar-refractivity contribution in [2.75, 3.05) is 32.7 Å². The molecular weight excluding hydrogens is 379 g/mol. The van der Waals surface area contributed by atoms with Crippen molar-refractivity contribution < 1.29 is 4.79 Å². The van der Waals surface area contributed by atoms with Crippen LogP contribution < -0.4 is 10.6 Å². The van der Waals surface area contributed by atoms with E-state index in [0.29, 0.717) is 5.91 Å². The van der Waals surface area contributed by atoms with Crippen molar-refractivity contribution >= 4 is 35.8 Å². The molecule has 2 N–H and O–H groups in total. The number of nitrogens with zero attached hydrogens (tertiary/aromatic N) is 2. The fourth-order valence-electron chi connectivity index (χ4n) is 2.32. The highest BCUT2D eigenvalue weighted by Gasteiger charge is 2.18. The Balaban J connectivity index is 0.00000400. The molecule has 1 rings (SSSR count). The first-order valence-corrected chi connectivity index (χ1v) is 8.07. The molecular formula is C15H31IN4O. The van der Waals surface area contributed by atoms with Gasteiger partial charge in [0.25, 0.3) is 0 Å². The van der Waals surface area contributed by atoms with Crippen LogP contribution in [-0.2, 0) is 4.79 Å². The molecule has 1 saturated heterocycles. The number of hydrogen-bond acceptors (Lipinski definition) is 2. The van der Waals surface area contributed by atoms with Gasteiger partial charge in [-0.3, -0.25) is 9.79 Å².